The molecule has 5 atom stereocenters. The molecular formula is C40H34O14. The summed E-state index contributed by atoms with van der Waals surface area (Å²) in [5.74, 6) is -3.87. The van der Waals surface area contributed by atoms with Crippen LogP contribution < -0.4 is 10.2 Å². The van der Waals surface area contributed by atoms with Crippen molar-refractivity contribution < 1.29 is 63.6 Å². The molecule has 0 spiro atoms. The summed E-state index contributed by atoms with van der Waals surface area (Å²) < 4.78 is 29.5. The fraction of sp³-hybridized carbons (Fsp3) is 0.175. The highest BCUT2D eigenvalue weighted by atomic mass is 16.7. The Labute approximate surface area is 306 Å². The zero-order chi connectivity index (χ0) is 38.7. The molecule has 1 fully saturated rings. The Morgan fingerprint density at radius 2 is 1.35 bits per heavy atom. The Kier molecular flexibility index (Phi) is 10.6. The molecule has 1 aromatic heterocycles. The van der Waals surface area contributed by atoms with Gasteiger partial charge in [0.15, 0.2) is 11.9 Å². The van der Waals surface area contributed by atoms with E-state index in [0.29, 0.717) is 16.7 Å². The Hall–Kier alpha value is -6.77. The molecule has 0 aliphatic carbocycles. The molecule has 0 radical (unpaired) electrons. The van der Waals surface area contributed by atoms with Gasteiger partial charge in [-0.15, -0.1) is 0 Å². The van der Waals surface area contributed by atoms with Gasteiger partial charge in [-0.25, -0.2) is 9.59 Å². The topological polar surface area (TPSA) is 223 Å². The molecule has 4 aromatic carbocycles. The van der Waals surface area contributed by atoms with Crippen LogP contribution in [0, 0.1) is 0 Å². The molecule has 0 bridgehead atoms. The van der Waals surface area contributed by atoms with Gasteiger partial charge in [-0.05, 0) is 85.2 Å². The molecule has 1 saturated heterocycles. The van der Waals surface area contributed by atoms with Crippen molar-refractivity contribution >= 4 is 34.6 Å². The molecule has 0 saturated carbocycles. The molecule has 1 aliphatic rings. The lowest BCUT2D eigenvalue weighted by Gasteiger charge is -2.42. The third kappa shape index (κ3) is 8.14. The van der Waals surface area contributed by atoms with Gasteiger partial charge in [0, 0.05) is 29.8 Å². The van der Waals surface area contributed by atoms with Crippen LogP contribution in [0.15, 0.2) is 106 Å². The summed E-state index contributed by atoms with van der Waals surface area (Å²) in [6.07, 6.45) is -4.32. The number of esters is 2. The number of carbonyl (C=O) groups is 2. The lowest BCUT2D eigenvalue weighted by molar-refractivity contribution is -0.276. The van der Waals surface area contributed by atoms with Crippen LogP contribution in [0.4, 0.5) is 0 Å². The first-order valence-corrected chi connectivity index (χ1v) is 16.5. The van der Waals surface area contributed by atoms with Crippen LogP contribution >= 0.6 is 0 Å². The lowest BCUT2D eigenvalue weighted by Crippen LogP contribution is -2.61. The van der Waals surface area contributed by atoms with E-state index in [2.05, 4.69) is 0 Å². The molecule has 14 heteroatoms. The number of ether oxygens (including phenoxy) is 4. The predicted molar refractivity (Wildman–Crippen MR) is 193 cm³/mol. The molecule has 6 N–H and O–H groups in total. The van der Waals surface area contributed by atoms with Crippen LogP contribution in [-0.4, -0.2) is 73.3 Å². The van der Waals surface area contributed by atoms with Crippen LogP contribution in [0.5, 0.6) is 34.5 Å². The summed E-state index contributed by atoms with van der Waals surface area (Å²) in [5.41, 5.74) is 0.587. The number of fused-ring (bicyclic) bond motifs is 1. The summed E-state index contributed by atoms with van der Waals surface area (Å²) in [5, 5.41) is 60.8. The molecule has 0 unspecified atom stereocenters. The highest BCUT2D eigenvalue weighted by Gasteiger charge is 2.50. The highest BCUT2D eigenvalue weighted by Crippen LogP contribution is 2.38. The number of benzene rings is 4. The van der Waals surface area contributed by atoms with Crippen LogP contribution in [-0.2, 0) is 23.8 Å². The van der Waals surface area contributed by atoms with E-state index in [1.54, 1.807) is 19.1 Å². The van der Waals surface area contributed by atoms with E-state index in [-0.39, 0.29) is 39.5 Å². The second-order valence-electron chi connectivity index (χ2n) is 12.4. The maximum absolute atomic E-state index is 14.1. The van der Waals surface area contributed by atoms with Gasteiger partial charge in [-0.1, -0.05) is 24.3 Å². The summed E-state index contributed by atoms with van der Waals surface area (Å²) >= 11 is 0. The van der Waals surface area contributed by atoms with Gasteiger partial charge in [0.1, 0.15) is 45.8 Å². The third-order valence-electron chi connectivity index (χ3n) is 8.51. The zero-order valence-electron chi connectivity index (χ0n) is 28.7. The maximum Gasteiger partial charge on any atom is 0.331 e. The van der Waals surface area contributed by atoms with E-state index in [0.717, 1.165) is 24.3 Å². The summed E-state index contributed by atoms with van der Waals surface area (Å²) in [7, 11) is 0. The van der Waals surface area contributed by atoms with Crippen molar-refractivity contribution in [1.29, 1.82) is 0 Å². The van der Waals surface area contributed by atoms with Gasteiger partial charge >= 0.3 is 11.9 Å². The number of phenols is 5. The SMILES string of the molecule is CC(=CC(=O)O[C@H]1[C@@H](O)[C@@H](C)O[C@H](Oc2c(-c3ccc(O)cc3)oc3cc(O)cc(O)c3c2=O)[C@@H]1OC(=O)C=Cc1ccc(O)cc1)c1ccc(O)cc1. The number of aliphatic hydroxyl groups excluding tert-OH is 1. The van der Waals surface area contributed by atoms with Gasteiger partial charge in [0.2, 0.25) is 23.6 Å². The van der Waals surface area contributed by atoms with Gasteiger partial charge in [-0.2, -0.15) is 0 Å². The summed E-state index contributed by atoms with van der Waals surface area (Å²) in [4.78, 5) is 40.7. The van der Waals surface area contributed by atoms with Gasteiger partial charge in [-0.3, -0.25) is 4.79 Å². The summed E-state index contributed by atoms with van der Waals surface area (Å²) in [6.45, 7) is 3.05. The third-order valence-corrected chi connectivity index (χ3v) is 8.51. The number of hydrogen-bond acceptors (Lipinski definition) is 14. The van der Waals surface area contributed by atoms with Crippen LogP contribution in [0.3, 0.4) is 0 Å². The smallest absolute Gasteiger partial charge is 0.331 e. The van der Waals surface area contributed by atoms with Gasteiger partial charge < -0.3 is 54.0 Å². The summed E-state index contributed by atoms with van der Waals surface area (Å²) in [6, 6.07) is 19.4. The standard InChI is InChI=1S/C40H34O14/c1-20(23-6-12-26(42)13-7-23)17-32(47)53-37-34(48)21(2)50-40(39(37)52-31(46)16-5-22-3-10-25(41)11-4-22)54-38-35(49)33-29(45)18-28(44)19-30(33)51-36(38)24-8-14-27(43)15-9-24/h3-19,21,34,37,39-45,48H,1-2H3/t21-,34+,37+,39-,40-/m1/s1. The van der Waals surface area contributed by atoms with Gasteiger partial charge in [0.05, 0.1) is 6.10 Å². The first kappa shape index (κ1) is 37.0. The minimum atomic E-state index is -1.76. The lowest BCUT2D eigenvalue weighted by atomic mass is 9.99. The van der Waals surface area contributed by atoms with Crippen molar-refractivity contribution in [2.75, 3.05) is 0 Å². The second kappa shape index (κ2) is 15.5. The monoisotopic (exact) mass is 738 g/mol. The average molecular weight is 739 g/mol. The first-order chi connectivity index (χ1) is 25.8. The molecule has 6 rings (SSSR count). The van der Waals surface area contributed by atoms with E-state index in [4.69, 9.17) is 23.4 Å². The molecule has 0 amide bonds. The minimum absolute atomic E-state index is 0.00601. The average Bonchev–Trinajstić information content (AvgIpc) is 3.13. The molecule has 1 aliphatic heterocycles. The van der Waals surface area contributed by atoms with Crippen molar-refractivity contribution in [1.82, 2.24) is 0 Å². The number of allylic oxidation sites excluding steroid dienone is 1. The van der Waals surface area contributed by atoms with Crippen molar-refractivity contribution in [3.63, 3.8) is 0 Å². The Morgan fingerprint density at radius 1 is 0.759 bits per heavy atom. The molecule has 278 valence electrons. The van der Waals surface area contributed by atoms with Crippen molar-refractivity contribution in [3.05, 3.63) is 118 Å². The number of phenolic OH excluding ortho intramolecular Hbond substituents is 5. The Morgan fingerprint density at radius 3 is 2.00 bits per heavy atom. The normalized spacial score (nSPS) is 20.1. The largest absolute Gasteiger partial charge is 0.508 e. The number of rotatable bonds is 9. The minimum Gasteiger partial charge on any atom is -0.508 e. The van der Waals surface area contributed by atoms with E-state index >= 15 is 0 Å². The molecule has 54 heavy (non-hydrogen) atoms. The molecular weight excluding hydrogens is 704 g/mol. The molecule has 5 aromatic rings. The van der Waals surface area contributed by atoms with Crippen molar-refractivity contribution in [3.8, 4) is 45.8 Å². The number of aromatic hydroxyl groups is 5. The quantitative estimate of drug-likeness (QED) is 0.0854. The van der Waals surface area contributed by atoms with E-state index in [9.17, 15) is 45.0 Å². The Balaban J connectivity index is 1.41. The highest BCUT2D eigenvalue weighted by molar-refractivity contribution is 5.91. The van der Waals surface area contributed by atoms with Crippen LogP contribution in [0.25, 0.3) is 33.9 Å². The maximum atomic E-state index is 14.1. The fourth-order valence-electron chi connectivity index (χ4n) is 5.71. The zero-order valence-corrected chi connectivity index (χ0v) is 28.7. The molecule has 14 nitrogen and oxygen atoms in total. The van der Waals surface area contributed by atoms with Crippen LogP contribution in [0.2, 0.25) is 0 Å². The van der Waals surface area contributed by atoms with Gasteiger partial charge in [0.25, 0.3) is 0 Å². The second-order valence-corrected chi connectivity index (χ2v) is 12.4. The van der Waals surface area contributed by atoms with E-state index in [1.165, 1.54) is 73.7 Å². The predicted octanol–water partition coefficient (Wildman–Crippen LogP) is 5.11. The fourth-order valence-corrected chi connectivity index (χ4v) is 5.71. The van der Waals surface area contributed by atoms with E-state index < -0.39 is 65.3 Å². The number of carbonyl (C=O) groups excluding carboxylic acids is 2. The molecule has 2 heterocycles. The van der Waals surface area contributed by atoms with Crippen molar-refractivity contribution in [2.45, 2.75) is 44.6 Å². The van der Waals surface area contributed by atoms with E-state index in [1.807, 2.05) is 0 Å². The number of hydrogen-bond donors (Lipinski definition) is 6. The number of aliphatic hydroxyl groups is 1. The van der Waals surface area contributed by atoms with Crippen LogP contribution in [0.1, 0.15) is 25.0 Å². The Bertz CT molecular complexity index is 2290. The first-order valence-electron chi connectivity index (χ1n) is 16.5. The van der Waals surface area contributed by atoms with Crippen molar-refractivity contribution in [2.24, 2.45) is 0 Å².